The van der Waals surface area contributed by atoms with Gasteiger partial charge < -0.3 is 9.47 Å². The Balaban J connectivity index is 2.36. The molecule has 0 aliphatic heterocycles. The quantitative estimate of drug-likeness (QED) is 0.781. The van der Waals surface area contributed by atoms with E-state index >= 15 is 0 Å². The van der Waals surface area contributed by atoms with Crippen molar-refractivity contribution in [2.24, 2.45) is 0 Å². The van der Waals surface area contributed by atoms with Crippen molar-refractivity contribution in [3.63, 3.8) is 0 Å². The van der Waals surface area contributed by atoms with Gasteiger partial charge in [-0.15, -0.1) is 0 Å². The van der Waals surface area contributed by atoms with E-state index in [0.717, 1.165) is 5.56 Å². The Bertz CT molecular complexity index is 594. The summed E-state index contributed by atoms with van der Waals surface area (Å²) in [6, 6.07) is 8.98. The second-order valence-electron chi connectivity index (χ2n) is 4.11. The molecule has 0 fully saturated rings. The SMILES string of the molecule is COc1cc(/C=C/c2c(F)cccc2F)cc(OC)c1. The monoisotopic (exact) mass is 276 g/mol. The molecule has 0 bridgehead atoms. The van der Waals surface area contributed by atoms with Crippen molar-refractivity contribution in [1.29, 1.82) is 0 Å². The lowest BCUT2D eigenvalue weighted by molar-refractivity contribution is 0.394. The molecular formula is C16H14F2O2. The minimum absolute atomic E-state index is 0.0747. The van der Waals surface area contributed by atoms with Crippen molar-refractivity contribution >= 4 is 12.2 Å². The van der Waals surface area contributed by atoms with Crippen LogP contribution in [0, 0.1) is 11.6 Å². The molecule has 20 heavy (non-hydrogen) atoms. The summed E-state index contributed by atoms with van der Waals surface area (Å²) in [7, 11) is 3.08. The fourth-order valence-electron chi connectivity index (χ4n) is 1.78. The van der Waals surface area contributed by atoms with Crippen LogP contribution < -0.4 is 9.47 Å². The Morgan fingerprint density at radius 3 is 1.90 bits per heavy atom. The van der Waals surface area contributed by atoms with E-state index in [4.69, 9.17) is 9.47 Å². The fourth-order valence-corrected chi connectivity index (χ4v) is 1.78. The smallest absolute Gasteiger partial charge is 0.133 e. The maximum Gasteiger partial charge on any atom is 0.133 e. The van der Waals surface area contributed by atoms with E-state index in [1.54, 1.807) is 38.5 Å². The third-order valence-electron chi connectivity index (χ3n) is 2.82. The zero-order valence-corrected chi connectivity index (χ0v) is 11.2. The first kappa shape index (κ1) is 14.1. The minimum atomic E-state index is -0.601. The van der Waals surface area contributed by atoms with Crippen LogP contribution in [-0.2, 0) is 0 Å². The van der Waals surface area contributed by atoms with Crippen LogP contribution in [0.5, 0.6) is 11.5 Å². The highest BCUT2D eigenvalue weighted by Crippen LogP contribution is 2.24. The van der Waals surface area contributed by atoms with Crippen LogP contribution in [0.2, 0.25) is 0 Å². The predicted molar refractivity (Wildman–Crippen MR) is 74.8 cm³/mol. The van der Waals surface area contributed by atoms with Gasteiger partial charge in [-0.1, -0.05) is 12.1 Å². The molecule has 0 saturated heterocycles. The Morgan fingerprint density at radius 1 is 0.850 bits per heavy atom. The maximum atomic E-state index is 13.5. The molecule has 0 unspecified atom stereocenters. The summed E-state index contributed by atoms with van der Waals surface area (Å²) in [4.78, 5) is 0. The first-order chi connectivity index (χ1) is 9.63. The molecule has 0 aliphatic rings. The van der Waals surface area contributed by atoms with Crippen LogP contribution in [-0.4, -0.2) is 14.2 Å². The molecule has 0 aliphatic carbocycles. The zero-order valence-electron chi connectivity index (χ0n) is 11.2. The topological polar surface area (TPSA) is 18.5 Å². The van der Waals surface area contributed by atoms with Gasteiger partial charge in [0.05, 0.1) is 14.2 Å². The standard InChI is InChI=1S/C16H14F2O2/c1-19-12-8-11(9-13(10-12)20-2)6-7-14-15(17)4-3-5-16(14)18/h3-10H,1-2H3/b7-6+. The summed E-state index contributed by atoms with van der Waals surface area (Å²) >= 11 is 0. The minimum Gasteiger partial charge on any atom is -0.497 e. The molecule has 0 spiro atoms. The maximum absolute atomic E-state index is 13.5. The van der Waals surface area contributed by atoms with E-state index in [0.29, 0.717) is 11.5 Å². The number of hydrogen-bond donors (Lipinski definition) is 0. The van der Waals surface area contributed by atoms with Crippen molar-refractivity contribution in [2.45, 2.75) is 0 Å². The van der Waals surface area contributed by atoms with Crippen molar-refractivity contribution in [3.8, 4) is 11.5 Å². The Labute approximate surface area is 116 Å². The first-order valence-corrected chi connectivity index (χ1v) is 5.99. The van der Waals surface area contributed by atoms with Crippen molar-refractivity contribution in [2.75, 3.05) is 14.2 Å². The molecule has 2 nitrogen and oxygen atoms in total. The van der Waals surface area contributed by atoms with Crippen LogP contribution in [0.1, 0.15) is 11.1 Å². The average Bonchev–Trinajstić information content (AvgIpc) is 2.46. The van der Waals surface area contributed by atoms with Gasteiger partial charge in [-0.3, -0.25) is 0 Å². The van der Waals surface area contributed by atoms with Crippen LogP contribution in [0.4, 0.5) is 8.78 Å². The van der Waals surface area contributed by atoms with E-state index in [2.05, 4.69) is 0 Å². The Kier molecular flexibility index (Phi) is 4.35. The predicted octanol–water partition coefficient (Wildman–Crippen LogP) is 4.15. The van der Waals surface area contributed by atoms with Crippen molar-refractivity contribution in [3.05, 3.63) is 59.2 Å². The summed E-state index contributed by atoms with van der Waals surface area (Å²) < 4.78 is 37.3. The molecule has 0 heterocycles. The highest BCUT2D eigenvalue weighted by molar-refractivity contribution is 5.71. The van der Waals surface area contributed by atoms with Crippen molar-refractivity contribution in [1.82, 2.24) is 0 Å². The average molecular weight is 276 g/mol. The Hall–Kier alpha value is -2.36. The molecule has 2 rings (SSSR count). The van der Waals surface area contributed by atoms with Gasteiger partial charge in [0.1, 0.15) is 23.1 Å². The second-order valence-corrected chi connectivity index (χ2v) is 4.11. The highest BCUT2D eigenvalue weighted by Gasteiger charge is 2.05. The van der Waals surface area contributed by atoms with Gasteiger partial charge in [-0.05, 0) is 35.9 Å². The van der Waals surface area contributed by atoms with Crippen LogP contribution >= 0.6 is 0 Å². The van der Waals surface area contributed by atoms with Gasteiger partial charge >= 0.3 is 0 Å². The summed E-state index contributed by atoms with van der Waals surface area (Å²) in [5.74, 6) is 0.0169. The van der Waals surface area contributed by atoms with Gasteiger partial charge in [0.15, 0.2) is 0 Å². The molecule has 0 amide bonds. The van der Waals surface area contributed by atoms with Gasteiger partial charge in [0, 0.05) is 11.6 Å². The molecule has 104 valence electrons. The molecule has 0 saturated carbocycles. The largest absolute Gasteiger partial charge is 0.497 e. The third kappa shape index (κ3) is 3.15. The number of hydrogen-bond acceptors (Lipinski definition) is 2. The number of benzene rings is 2. The van der Waals surface area contributed by atoms with Gasteiger partial charge in [-0.25, -0.2) is 8.78 Å². The lowest BCUT2D eigenvalue weighted by atomic mass is 10.1. The van der Waals surface area contributed by atoms with E-state index < -0.39 is 11.6 Å². The summed E-state index contributed by atoms with van der Waals surface area (Å²) in [6.45, 7) is 0. The fraction of sp³-hybridized carbons (Fsp3) is 0.125. The van der Waals surface area contributed by atoms with Crippen LogP contribution in [0.3, 0.4) is 0 Å². The molecule has 2 aromatic rings. The molecule has 4 heteroatoms. The van der Waals surface area contributed by atoms with Gasteiger partial charge in [-0.2, -0.15) is 0 Å². The summed E-state index contributed by atoms with van der Waals surface area (Å²) in [5.41, 5.74) is 0.651. The van der Waals surface area contributed by atoms with E-state index in [1.807, 2.05) is 0 Å². The van der Waals surface area contributed by atoms with E-state index in [1.165, 1.54) is 24.3 Å². The normalized spacial score (nSPS) is 10.8. The summed E-state index contributed by atoms with van der Waals surface area (Å²) in [6.07, 6.45) is 2.99. The lowest BCUT2D eigenvalue weighted by Gasteiger charge is -2.06. The number of ether oxygens (including phenoxy) is 2. The third-order valence-corrected chi connectivity index (χ3v) is 2.82. The van der Waals surface area contributed by atoms with Crippen LogP contribution in [0.25, 0.3) is 12.2 Å². The number of halogens is 2. The van der Waals surface area contributed by atoms with E-state index in [-0.39, 0.29) is 5.56 Å². The zero-order chi connectivity index (χ0) is 14.5. The number of rotatable bonds is 4. The highest BCUT2D eigenvalue weighted by atomic mass is 19.1. The second kappa shape index (κ2) is 6.19. The van der Waals surface area contributed by atoms with Crippen LogP contribution in [0.15, 0.2) is 36.4 Å². The number of methoxy groups -OCH3 is 2. The summed E-state index contributed by atoms with van der Waals surface area (Å²) in [5, 5.41) is 0. The molecule has 0 radical (unpaired) electrons. The molecular weight excluding hydrogens is 262 g/mol. The van der Waals surface area contributed by atoms with Gasteiger partial charge in [0.25, 0.3) is 0 Å². The van der Waals surface area contributed by atoms with E-state index in [9.17, 15) is 8.78 Å². The molecule has 0 N–H and O–H groups in total. The lowest BCUT2D eigenvalue weighted by Crippen LogP contribution is -1.89. The van der Waals surface area contributed by atoms with Crippen molar-refractivity contribution < 1.29 is 18.3 Å². The first-order valence-electron chi connectivity index (χ1n) is 5.99. The van der Waals surface area contributed by atoms with Gasteiger partial charge in [0.2, 0.25) is 0 Å². The molecule has 0 aromatic heterocycles. The Morgan fingerprint density at radius 2 is 1.40 bits per heavy atom. The molecule has 0 atom stereocenters. The molecule has 2 aromatic carbocycles.